The first-order chi connectivity index (χ1) is 21.9. The van der Waals surface area contributed by atoms with Crippen LogP contribution >= 0.6 is 0 Å². The lowest BCUT2D eigenvalue weighted by atomic mass is 9.89. The van der Waals surface area contributed by atoms with E-state index in [1.807, 2.05) is 97.9 Å². The van der Waals surface area contributed by atoms with Gasteiger partial charge in [-0.15, -0.1) is 0 Å². The molecule has 2 fully saturated rings. The highest BCUT2D eigenvalue weighted by Crippen LogP contribution is 2.36. The van der Waals surface area contributed by atoms with Crippen LogP contribution in [0.15, 0.2) is 91.0 Å². The zero-order valence-electron chi connectivity index (χ0n) is 26.7. The first-order valence-corrected chi connectivity index (χ1v) is 15.9. The molecule has 0 amide bonds. The van der Waals surface area contributed by atoms with Gasteiger partial charge in [-0.25, -0.2) is 0 Å². The molecule has 0 spiro atoms. The van der Waals surface area contributed by atoms with Crippen LogP contribution in [0.25, 0.3) is 0 Å². The lowest BCUT2D eigenvalue weighted by Gasteiger charge is -2.47. The molecule has 8 heteroatoms. The van der Waals surface area contributed by atoms with E-state index in [1.54, 1.807) is 0 Å². The molecular weight excluding hydrogens is 572 g/mol. The van der Waals surface area contributed by atoms with Gasteiger partial charge in [0.05, 0.1) is 44.7 Å². The summed E-state index contributed by atoms with van der Waals surface area (Å²) < 4.78 is 44.7. The van der Waals surface area contributed by atoms with Crippen molar-refractivity contribution < 1.29 is 38.0 Å². The average molecular weight is 619 g/mol. The highest BCUT2D eigenvalue weighted by molar-refractivity contribution is 5.66. The van der Waals surface area contributed by atoms with Gasteiger partial charge in [0.15, 0.2) is 18.7 Å². The first kappa shape index (κ1) is 33.3. The molecule has 0 aliphatic carbocycles. The van der Waals surface area contributed by atoms with E-state index in [0.717, 1.165) is 16.7 Å². The Labute approximate surface area is 266 Å². The van der Waals surface area contributed by atoms with Gasteiger partial charge < -0.3 is 33.2 Å². The lowest BCUT2D eigenvalue weighted by molar-refractivity contribution is -0.346. The highest BCUT2D eigenvalue weighted by Gasteiger charge is 2.49. The summed E-state index contributed by atoms with van der Waals surface area (Å²) in [5.41, 5.74) is 3.12. The van der Waals surface area contributed by atoms with Gasteiger partial charge in [0.2, 0.25) is 0 Å². The van der Waals surface area contributed by atoms with Gasteiger partial charge in [0.25, 0.3) is 0 Å². The van der Waals surface area contributed by atoms with Crippen LogP contribution in [-0.4, -0.2) is 55.7 Å². The molecule has 242 valence electrons. The summed E-state index contributed by atoms with van der Waals surface area (Å²) in [6.45, 7) is 9.06. The largest absolute Gasteiger partial charge is 0.457 e. The Kier molecular flexibility index (Phi) is 12.2. The fourth-order valence-electron chi connectivity index (χ4n) is 5.82. The van der Waals surface area contributed by atoms with Crippen molar-refractivity contribution >= 4 is 5.97 Å². The molecule has 2 saturated heterocycles. The van der Waals surface area contributed by atoms with Crippen LogP contribution in [0, 0.1) is 11.8 Å². The van der Waals surface area contributed by atoms with E-state index in [2.05, 4.69) is 13.8 Å². The van der Waals surface area contributed by atoms with Crippen molar-refractivity contribution in [3.05, 3.63) is 108 Å². The van der Waals surface area contributed by atoms with E-state index < -0.39 is 30.9 Å². The molecule has 5 rings (SSSR count). The second kappa shape index (κ2) is 16.5. The van der Waals surface area contributed by atoms with Gasteiger partial charge in [-0.2, -0.15) is 0 Å². The summed E-state index contributed by atoms with van der Waals surface area (Å²) in [5, 5.41) is 0. The van der Waals surface area contributed by atoms with Gasteiger partial charge in [0, 0.05) is 12.8 Å². The quantitative estimate of drug-likeness (QED) is 0.202. The van der Waals surface area contributed by atoms with Crippen LogP contribution in [0.1, 0.15) is 50.8 Å². The normalized spacial score (nSPS) is 30.1. The van der Waals surface area contributed by atoms with Gasteiger partial charge in [-0.3, -0.25) is 4.79 Å². The van der Waals surface area contributed by atoms with Crippen LogP contribution in [0.4, 0.5) is 0 Å². The molecular formula is C37H46O8. The zero-order chi connectivity index (χ0) is 31.6. The average Bonchev–Trinajstić information content (AvgIpc) is 3.05. The Balaban J connectivity index is 1.40. The van der Waals surface area contributed by atoms with Crippen molar-refractivity contribution in [2.24, 2.45) is 11.8 Å². The maximum absolute atomic E-state index is 12.1. The Morgan fingerprint density at radius 1 is 0.711 bits per heavy atom. The SMILES string of the molecule is CC(=O)OC1C[C@H](C)C(C)O[C@H]1O[C@@H]1C(OCc2ccccc2)[C@H](OCc2ccccc2)OC(COCc2ccccc2)[C@@H]1C. The molecule has 0 N–H and O–H groups in total. The molecule has 0 radical (unpaired) electrons. The van der Waals surface area contributed by atoms with Crippen molar-refractivity contribution in [3.8, 4) is 0 Å². The zero-order valence-corrected chi connectivity index (χ0v) is 26.7. The number of benzene rings is 3. The van der Waals surface area contributed by atoms with E-state index in [0.29, 0.717) is 32.8 Å². The molecule has 3 aromatic carbocycles. The summed E-state index contributed by atoms with van der Waals surface area (Å²) in [5.74, 6) is -0.339. The maximum Gasteiger partial charge on any atom is 0.303 e. The second-order valence-corrected chi connectivity index (χ2v) is 12.1. The molecule has 4 unspecified atom stereocenters. The molecule has 2 aliphatic heterocycles. The Morgan fingerprint density at radius 2 is 1.27 bits per heavy atom. The Hall–Kier alpha value is -3.11. The Morgan fingerprint density at radius 3 is 1.84 bits per heavy atom. The minimum Gasteiger partial charge on any atom is -0.457 e. The highest BCUT2D eigenvalue weighted by atomic mass is 16.7. The Bertz CT molecular complexity index is 1290. The summed E-state index contributed by atoms with van der Waals surface area (Å²) in [6, 6.07) is 30.0. The third-order valence-electron chi connectivity index (χ3n) is 8.61. The van der Waals surface area contributed by atoms with Gasteiger partial charge in [0.1, 0.15) is 6.10 Å². The van der Waals surface area contributed by atoms with Crippen LogP contribution in [0.5, 0.6) is 0 Å². The predicted octanol–water partition coefficient (Wildman–Crippen LogP) is 6.45. The number of carbonyl (C=O) groups excluding carboxylic acids is 1. The third kappa shape index (κ3) is 9.45. The van der Waals surface area contributed by atoms with E-state index in [-0.39, 0.29) is 30.0 Å². The summed E-state index contributed by atoms with van der Waals surface area (Å²) >= 11 is 0. The minimum atomic E-state index is -0.769. The van der Waals surface area contributed by atoms with E-state index in [4.69, 9.17) is 33.2 Å². The summed E-state index contributed by atoms with van der Waals surface area (Å²) in [7, 11) is 0. The smallest absolute Gasteiger partial charge is 0.303 e. The number of rotatable bonds is 13. The maximum atomic E-state index is 12.1. The molecule has 45 heavy (non-hydrogen) atoms. The summed E-state index contributed by atoms with van der Waals surface area (Å²) in [4.78, 5) is 12.1. The standard InChI is InChI=1S/C37H46O8/c1-25-20-32(43-28(4)38)36(42-27(25)3)45-34-26(2)33(24-39-21-29-14-8-5-9-15-29)44-37(41-23-31-18-12-7-13-19-31)35(34)40-22-30-16-10-6-11-17-30/h5-19,25-27,32-37H,20-24H2,1-4H3/t25-,26-,27?,32?,33?,34-,35?,36-,37+/m0/s1. The van der Waals surface area contributed by atoms with Crippen molar-refractivity contribution in [3.63, 3.8) is 0 Å². The number of carbonyl (C=O) groups is 1. The van der Waals surface area contributed by atoms with Gasteiger partial charge >= 0.3 is 5.97 Å². The van der Waals surface area contributed by atoms with Crippen molar-refractivity contribution in [2.45, 2.75) is 97.0 Å². The van der Waals surface area contributed by atoms with Crippen LogP contribution in [0.2, 0.25) is 0 Å². The fourth-order valence-corrected chi connectivity index (χ4v) is 5.82. The van der Waals surface area contributed by atoms with Crippen molar-refractivity contribution in [1.29, 1.82) is 0 Å². The molecule has 2 aliphatic rings. The monoisotopic (exact) mass is 618 g/mol. The lowest BCUT2D eigenvalue weighted by Crippen LogP contribution is -2.60. The first-order valence-electron chi connectivity index (χ1n) is 15.9. The van der Waals surface area contributed by atoms with Crippen LogP contribution < -0.4 is 0 Å². The van der Waals surface area contributed by atoms with E-state index in [9.17, 15) is 4.79 Å². The molecule has 8 nitrogen and oxygen atoms in total. The fraction of sp³-hybridized carbons (Fsp3) is 0.486. The van der Waals surface area contributed by atoms with Gasteiger partial charge in [-0.1, -0.05) is 105 Å². The van der Waals surface area contributed by atoms with E-state index >= 15 is 0 Å². The number of hydrogen-bond acceptors (Lipinski definition) is 8. The molecule has 2 heterocycles. The topological polar surface area (TPSA) is 81.7 Å². The van der Waals surface area contributed by atoms with Crippen LogP contribution in [-0.2, 0) is 57.8 Å². The van der Waals surface area contributed by atoms with E-state index in [1.165, 1.54) is 6.92 Å². The molecule has 0 saturated carbocycles. The molecule has 0 bridgehead atoms. The summed E-state index contributed by atoms with van der Waals surface area (Å²) in [6.07, 6.45) is -2.99. The molecule has 3 aromatic rings. The van der Waals surface area contributed by atoms with Crippen LogP contribution in [0.3, 0.4) is 0 Å². The minimum absolute atomic E-state index is 0.0734. The number of esters is 1. The molecule has 0 aromatic heterocycles. The number of ether oxygens (including phenoxy) is 7. The third-order valence-corrected chi connectivity index (χ3v) is 8.61. The van der Waals surface area contributed by atoms with Crippen molar-refractivity contribution in [1.82, 2.24) is 0 Å². The molecule has 9 atom stereocenters. The second-order valence-electron chi connectivity index (χ2n) is 12.1. The van der Waals surface area contributed by atoms with Crippen molar-refractivity contribution in [2.75, 3.05) is 6.61 Å². The number of hydrogen-bond donors (Lipinski definition) is 0. The van der Waals surface area contributed by atoms with Gasteiger partial charge in [-0.05, 0) is 36.0 Å². The predicted molar refractivity (Wildman–Crippen MR) is 169 cm³/mol.